The fourth-order valence-electron chi connectivity index (χ4n) is 1.23. The summed E-state index contributed by atoms with van der Waals surface area (Å²) >= 11 is 0. The normalized spacial score (nSPS) is 10.5. The van der Waals surface area contributed by atoms with Gasteiger partial charge in [-0.15, -0.1) is 0 Å². The molecule has 0 bridgehead atoms. The minimum atomic E-state index is -0.215. The number of hydrogen-bond donors (Lipinski definition) is 0. The van der Waals surface area contributed by atoms with Gasteiger partial charge in [-0.3, -0.25) is 4.98 Å². The van der Waals surface area contributed by atoms with E-state index >= 15 is 0 Å². The molecular formula is C10H8FN. The maximum Gasteiger partial charge on any atom is 0.152 e. The van der Waals surface area contributed by atoms with Crippen LogP contribution in [0.3, 0.4) is 0 Å². The Balaban J connectivity index is 2.91. The molecule has 0 unspecified atom stereocenters. The number of halogens is 1. The van der Waals surface area contributed by atoms with E-state index in [1.807, 2.05) is 18.2 Å². The lowest BCUT2D eigenvalue weighted by Crippen LogP contribution is -1.88. The number of fused-ring (bicyclic) bond motifs is 1. The standard InChI is InChI=1S/C10H8FN/c1-7-10(11)9-5-3-2-4-8(9)6-12-7/h2-6H,1H3. The molecule has 0 saturated carbocycles. The van der Waals surface area contributed by atoms with Crippen molar-refractivity contribution >= 4 is 10.8 Å². The molecular weight excluding hydrogens is 153 g/mol. The summed E-state index contributed by atoms with van der Waals surface area (Å²) in [6.07, 6.45) is 1.69. The van der Waals surface area contributed by atoms with Crippen LogP contribution in [0.4, 0.5) is 4.39 Å². The minimum absolute atomic E-state index is 0.215. The van der Waals surface area contributed by atoms with Gasteiger partial charge in [0.1, 0.15) is 0 Å². The van der Waals surface area contributed by atoms with Crippen LogP contribution in [-0.2, 0) is 0 Å². The van der Waals surface area contributed by atoms with E-state index in [1.54, 1.807) is 19.2 Å². The molecule has 0 aliphatic rings. The monoisotopic (exact) mass is 161 g/mol. The molecule has 0 saturated heterocycles. The number of hydrogen-bond acceptors (Lipinski definition) is 1. The molecule has 1 aromatic heterocycles. The smallest absolute Gasteiger partial charge is 0.152 e. The summed E-state index contributed by atoms with van der Waals surface area (Å²) in [6, 6.07) is 7.31. The minimum Gasteiger partial charge on any atom is -0.258 e. The van der Waals surface area contributed by atoms with Crippen LogP contribution >= 0.6 is 0 Å². The Hall–Kier alpha value is -1.44. The van der Waals surface area contributed by atoms with Crippen molar-refractivity contribution in [3.63, 3.8) is 0 Å². The molecule has 1 aromatic carbocycles. The largest absolute Gasteiger partial charge is 0.258 e. The summed E-state index contributed by atoms with van der Waals surface area (Å²) < 4.78 is 13.3. The Morgan fingerprint density at radius 1 is 1.25 bits per heavy atom. The van der Waals surface area contributed by atoms with Crippen LogP contribution in [0.15, 0.2) is 30.5 Å². The van der Waals surface area contributed by atoms with E-state index in [1.165, 1.54) is 0 Å². The third kappa shape index (κ3) is 0.961. The number of pyridine rings is 1. The number of aryl methyl sites for hydroxylation is 1. The van der Waals surface area contributed by atoms with Gasteiger partial charge in [0.15, 0.2) is 5.82 Å². The second-order valence-electron chi connectivity index (χ2n) is 2.74. The first-order valence-corrected chi connectivity index (χ1v) is 3.79. The van der Waals surface area contributed by atoms with Crippen molar-refractivity contribution in [1.82, 2.24) is 4.98 Å². The molecule has 0 N–H and O–H groups in total. The highest BCUT2D eigenvalue weighted by atomic mass is 19.1. The maximum atomic E-state index is 13.3. The summed E-state index contributed by atoms with van der Waals surface area (Å²) in [7, 11) is 0. The van der Waals surface area contributed by atoms with Gasteiger partial charge < -0.3 is 0 Å². The van der Waals surface area contributed by atoms with Crippen molar-refractivity contribution in [2.45, 2.75) is 6.92 Å². The van der Waals surface area contributed by atoms with Gasteiger partial charge in [-0.05, 0) is 6.92 Å². The van der Waals surface area contributed by atoms with Crippen LogP contribution in [0.5, 0.6) is 0 Å². The van der Waals surface area contributed by atoms with Crippen molar-refractivity contribution in [2.24, 2.45) is 0 Å². The molecule has 0 atom stereocenters. The molecule has 2 aromatic rings. The number of rotatable bonds is 0. The molecule has 0 aliphatic carbocycles. The average molecular weight is 161 g/mol. The molecule has 1 heterocycles. The fourth-order valence-corrected chi connectivity index (χ4v) is 1.23. The predicted molar refractivity (Wildman–Crippen MR) is 46.4 cm³/mol. The van der Waals surface area contributed by atoms with Gasteiger partial charge in [0, 0.05) is 17.0 Å². The van der Waals surface area contributed by atoms with E-state index in [4.69, 9.17) is 0 Å². The van der Waals surface area contributed by atoms with Gasteiger partial charge in [-0.1, -0.05) is 24.3 Å². The van der Waals surface area contributed by atoms with E-state index in [2.05, 4.69) is 4.98 Å². The van der Waals surface area contributed by atoms with E-state index in [0.717, 1.165) is 5.39 Å². The quantitative estimate of drug-likeness (QED) is 0.578. The first kappa shape index (κ1) is 7.22. The highest BCUT2D eigenvalue weighted by Crippen LogP contribution is 2.17. The zero-order valence-electron chi connectivity index (χ0n) is 6.71. The molecule has 0 radical (unpaired) electrons. The van der Waals surface area contributed by atoms with Gasteiger partial charge in [-0.2, -0.15) is 0 Å². The van der Waals surface area contributed by atoms with Crippen molar-refractivity contribution < 1.29 is 4.39 Å². The van der Waals surface area contributed by atoms with Crippen LogP contribution in [0.25, 0.3) is 10.8 Å². The maximum absolute atomic E-state index is 13.3. The Kier molecular flexibility index (Phi) is 1.54. The summed E-state index contributed by atoms with van der Waals surface area (Å²) in [5.74, 6) is -0.215. The first-order valence-electron chi connectivity index (χ1n) is 3.79. The molecule has 0 amide bonds. The summed E-state index contributed by atoms with van der Waals surface area (Å²) in [5.41, 5.74) is 0.453. The number of benzene rings is 1. The predicted octanol–water partition coefficient (Wildman–Crippen LogP) is 2.68. The van der Waals surface area contributed by atoms with Crippen LogP contribution in [-0.4, -0.2) is 4.98 Å². The van der Waals surface area contributed by atoms with E-state index in [0.29, 0.717) is 11.1 Å². The van der Waals surface area contributed by atoms with E-state index < -0.39 is 0 Å². The van der Waals surface area contributed by atoms with Gasteiger partial charge in [-0.25, -0.2) is 4.39 Å². The lowest BCUT2D eigenvalue weighted by atomic mass is 10.1. The zero-order chi connectivity index (χ0) is 8.55. The fraction of sp³-hybridized carbons (Fsp3) is 0.100. The lowest BCUT2D eigenvalue weighted by molar-refractivity contribution is 0.622. The molecule has 2 rings (SSSR count). The third-order valence-electron chi connectivity index (χ3n) is 1.91. The molecule has 0 aliphatic heterocycles. The highest BCUT2D eigenvalue weighted by molar-refractivity contribution is 5.82. The SMILES string of the molecule is Cc1ncc2ccccc2c1F. The van der Waals surface area contributed by atoms with E-state index in [-0.39, 0.29) is 5.82 Å². The number of nitrogens with zero attached hydrogens (tertiary/aromatic N) is 1. The Bertz CT molecular complexity index is 423. The lowest BCUT2D eigenvalue weighted by Gasteiger charge is -1.99. The van der Waals surface area contributed by atoms with Gasteiger partial charge in [0.2, 0.25) is 0 Å². The highest BCUT2D eigenvalue weighted by Gasteiger charge is 2.02. The van der Waals surface area contributed by atoms with Crippen LogP contribution in [0.2, 0.25) is 0 Å². The molecule has 2 heteroatoms. The molecule has 12 heavy (non-hydrogen) atoms. The van der Waals surface area contributed by atoms with E-state index in [9.17, 15) is 4.39 Å². The van der Waals surface area contributed by atoms with Crippen LogP contribution in [0.1, 0.15) is 5.69 Å². The zero-order valence-corrected chi connectivity index (χ0v) is 6.71. The number of aromatic nitrogens is 1. The first-order chi connectivity index (χ1) is 5.79. The Morgan fingerprint density at radius 3 is 2.83 bits per heavy atom. The van der Waals surface area contributed by atoms with Crippen molar-refractivity contribution in [2.75, 3.05) is 0 Å². The topological polar surface area (TPSA) is 12.9 Å². The summed E-state index contributed by atoms with van der Waals surface area (Å²) in [6.45, 7) is 1.67. The second-order valence-corrected chi connectivity index (χ2v) is 2.74. The Morgan fingerprint density at radius 2 is 2.00 bits per heavy atom. The molecule has 1 nitrogen and oxygen atoms in total. The third-order valence-corrected chi connectivity index (χ3v) is 1.91. The second kappa shape index (κ2) is 2.55. The van der Waals surface area contributed by atoms with Crippen LogP contribution in [0, 0.1) is 12.7 Å². The van der Waals surface area contributed by atoms with Gasteiger partial charge in [0.25, 0.3) is 0 Å². The van der Waals surface area contributed by atoms with Crippen molar-refractivity contribution in [3.8, 4) is 0 Å². The van der Waals surface area contributed by atoms with Crippen LogP contribution < -0.4 is 0 Å². The average Bonchev–Trinajstić information content (AvgIpc) is 2.12. The van der Waals surface area contributed by atoms with Gasteiger partial charge >= 0.3 is 0 Å². The Labute approximate surface area is 69.9 Å². The summed E-state index contributed by atoms with van der Waals surface area (Å²) in [5, 5.41) is 1.49. The molecule has 0 fully saturated rings. The van der Waals surface area contributed by atoms with Gasteiger partial charge in [0.05, 0.1) is 5.69 Å². The van der Waals surface area contributed by atoms with Crippen molar-refractivity contribution in [1.29, 1.82) is 0 Å². The van der Waals surface area contributed by atoms with Crippen molar-refractivity contribution in [3.05, 3.63) is 42.0 Å². The molecule has 60 valence electrons. The summed E-state index contributed by atoms with van der Waals surface area (Å²) in [4.78, 5) is 3.93. The molecule has 0 spiro atoms.